The molecule has 20 heavy (non-hydrogen) atoms. The van der Waals surface area contributed by atoms with E-state index < -0.39 is 0 Å². The van der Waals surface area contributed by atoms with Crippen LogP contribution in [0.3, 0.4) is 0 Å². The topological polar surface area (TPSA) is 70.9 Å². The fourth-order valence-electron chi connectivity index (χ4n) is 2.50. The molecule has 0 spiro atoms. The summed E-state index contributed by atoms with van der Waals surface area (Å²) >= 11 is 1.57. The molecule has 0 saturated carbocycles. The molecular weight excluding hydrogens is 272 g/mol. The number of phenolic OH excluding ortho intramolecular Hbond substituents is 1. The number of thiazole rings is 1. The van der Waals surface area contributed by atoms with E-state index in [9.17, 15) is 5.11 Å². The van der Waals surface area contributed by atoms with Crippen molar-refractivity contribution < 1.29 is 5.11 Å². The third kappa shape index (κ3) is 1.72. The van der Waals surface area contributed by atoms with E-state index in [1.54, 1.807) is 17.4 Å². The fourth-order valence-corrected chi connectivity index (χ4v) is 3.34. The lowest BCUT2D eigenvalue weighted by atomic mass is 10.1. The second-order valence-corrected chi connectivity index (χ2v) is 6.08. The number of anilines is 1. The maximum atomic E-state index is 10.2. The molecule has 0 amide bonds. The molecule has 0 radical (unpaired) electrons. The van der Waals surface area contributed by atoms with Gasteiger partial charge in [0.2, 0.25) is 0 Å². The summed E-state index contributed by atoms with van der Waals surface area (Å²) in [4.78, 5) is 4.46. The van der Waals surface area contributed by atoms with Crippen molar-refractivity contribution in [2.45, 2.75) is 13.3 Å². The molecular formula is C14H12N4OS. The van der Waals surface area contributed by atoms with E-state index >= 15 is 0 Å². The van der Waals surface area contributed by atoms with Gasteiger partial charge in [-0.3, -0.25) is 0 Å². The van der Waals surface area contributed by atoms with Crippen LogP contribution in [0.4, 0.5) is 5.82 Å². The molecule has 1 aromatic carbocycles. The number of hydrogen-bond acceptors (Lipinski definition) is 6. The first-order valence-electron chi connectivity index (χ1n) is 6.42. The molecule has 0 bridgehead atoms. The molecule has 0 fully saturated rings. The van der Waals surface area contributed by atoms with Gasteiger partial charge in [0.25, 0.3) is 0 Å². The summed E-state index contributed by atoms with van der Waals surface area (Å²) in [6.45, 7) is 2.85. The fraction of sp³-hybridized carbons (Fsp3) is 0.214. The van der Waals surface area contributed by atoms with Gasteiger partial charge in [-0.1, -0.05) is 0 Å². The molecule has 0 unspecified atom stereocenters. The molecule has 0 saturated heterocycles. The molecule has 2 N–H and O–H groups in total. The molecule has 5 nitrogen and oxygen atoms in total. The molecule has 2 aromatic heterocycles. The smallest absolute Gasteiger partial charge is 0.151 e. The standard InChI is InChI=1S/C14H12N4OS/c1-7-16-11-5-9(12(19)6-13(11)20-7)10-4-8-2-3-15-14(8)18-17-10/h4-6,19H,2-3H2,1H3,(H,15,18). The molecule has 0 aliphatic carbocycles. The Morgan fingerprint density at radius 3 is 3.05 bits per heavy atom. The highest BCUT2D eigenvalue weighted by atomic mass is 32.1. The second kappa shape index (κ2) is 4.14. The SMILES string of the molecule is Cc1nc2cc(-c3cc4c(nn3)NCC4)c(O)cc2s1. The van der Waals surface area contributed by atoms with Crippen molar-refractivity contribution in [1.82, 2.24) is 15.2 Å². The first-order valence-corrected chi connectivity index (χ1v) is 7.23. The van der Waals surface area contributed by atoms with Gasteiger partial charge in [0.1, 0.15) is 5.75 Å². The first-order chi connectivity index (χ1) is 9.70. The van der Waals surface area contributed by atoms with E-state index in [2.05, 4.69) is 20.5 Å². The van der Waals surface area contributed by atoms with Crippen LogP contribution in [0.2, 0.25) is 0 Å². The zero-order valence-electron chi connectivity index (χ0n) is 10.8. The number of rotatable bonds is 1. The van der Waals surface area contributed by atoms with E-state index in [0.29, 0.717) is 11.3 Å². The van der Waals surface area contributed by atoms with Gasteiger partial charge >= 0.3 is 0 Å². The highest BCUT2D eigenvalue weighted by molar-refractivity contribution is 7.18. The average Bonchev–Trinajstić information content (AvgIpc) is 3.01. The summed E-state index contributed by atoms with van der Waals surface area (Å²) in [7, 11) is 0. The van der Waals surface area contributed by atoms with Gasteiger partial charge in [0, 0.05) is 23.7 Å². The van der Waals surface area contributed by atoms with Crippen molar-refractivity contribution in [3.63, 3.8) is 0 Å². The summed E-state index contributed by atoms with van der Waals surface area (Å²) in [5, 5.41) is 22.8. The number of benzene rings is 1. The third-order valence-corrected chi connectivity index (χ3v) is 4.38. The second-order valence-electron chi connectivity index (χ2n) is 4.85. The van der Waals surface area contributed by atoms with Crippen molar-refractivity contribution in [2.75, 3.05) is 11.9 Å². The number of hydrogen-bond donors (Lipinski definition) is 2. The van der Waals surface area contributed by atoms with Crippen LogP contribution in [0.1, 0.15) is 10.6 Å². The molecule has 3 heterocycles. The summed E-state index contributed by atoms with van der Waals surface area (Å²) in [5.41, 5.74) is 3.41. The zero-order valence-corrected chi connectivity index (χ0v) is 11.7. The predicted octanol–water partition coefficient (Wildman–Crippen LogP) is 2.74. The van der Waals surface area contributed by atoms with E-state index in [-0.39, 0.29) is 5.75 Å². The Morgan fingerprint density at radius 1 is 1.25 bits per heavy atom. The van der Waals surface area contributed by atoms with Crippen LogP contribution in [0.15, 0.2) is 18.2 Å². The zero-order chi connectivity index (χ0) is 13.7. The number of fused-ring (bicyclic) bond motifs is 2. The third-order valence-electron chi connectivity index (χ3n) is 3.45. The predicted molar refractivity (Wildman–Crippen MR) is 79.2 cm³/mol. The quantitative estimate of drug-likeness (QED) is 0.719. The number of aromatic nitrogens is 3. The van der Waals surface area contributed by atoms with E-state index in [4.69, 9.17) is 0 Å². The minimum Gasteiger partial charge on any atom is -0.507 e. The van der Waals surface area contributed by atoms with Gasteiger partial charge in [-0.2, -0.15) is 0 Å². The van der Waals surface area contributed by atoms with Crippen LogP contribution in [0.5, 0.6) is 5.75 Å². The highest BCUT2D eigenvalue weighted by Crippen LogP contribution is 2.35. The van der Waals surface area contributed by atoms with Crippen molar-refractivity contribution in [3.05, 3.63) is 28.8 Å². The average molecular weight is 284 g/mol. The first kappa shape index (κ1) is 11.6. The van der Waals surface area contributed by atoms with Gasteiger partial charge in [0.15, 0.2) is 5.82 Å². The summed E-state index contributed by atoms with van der Waals surface area (Å²) in [6.07, 6.45) is 0.941. The monoisotopic (exact) mass is 284 g/mol. The van der Waals surface area contributed by atoms with Gasteiger partial charge in [0.05, 0.1) is 20.9 Å². The van der Waals surface area contributed by atoms with E-state index in [0.717, 1.165) is 39.6 Å². The van der Waals surface area contributed by atoms with Crippen LogP contribution in [0.25, 0.3) is 21.5 Å². The lowest BCUT2D eigenvalue weighted by molar-refractivity contribution is 0.478. The molecule has 0 atom stereocenters. The van der Waals surface area contributed by atoms with Crippen molar-refractivity contribution >= 4 is 27.4 Å². The molecule has 100 valence electrons. The lowest BCUT2D eigenvalue weighted by Crippen LogP contribution is -1.95. The molecule has 1 aliphatic rings. The Hall–Kier alpha value is -2.21. The molecule has 3 aromatic rings. The Morgan fingerprint density at radius 2 is 2.15 bits per heavy atom. The molecule has 4 rings (SSSR count). The highest BCUT2D eigenvalue weighted by Gasteiger charge is 2.16. The Kier molecular flexibility index (Phi) is 2.40. The lowest BCUT2D eigenvalue weighted by Gasteiger charge is -2.05. The minimum atomic E-state index is 0.223. The van der Waals surface area contributed by atoms with Gasteiger partial charge < -0.3 is 10.4 Å². The number of nitrogens with zero attached hydrogens (tertiary/aromatic N) is 3. The van der Waals surface area contributed by atoms with Crippen LogP contribution in [-0.4, -0.2) is 26.8 Å². The van der Waals surface area contributed by atoms with Gasteiger partial charge in [-0.25, -0.2) is 4.98 Å². The number of aromatic hydroxyl groups is 1. The Balaban J connectivity index is 1.90. The van der Waals surface area contributed by atoms with Crippen LogP contribution in [0, 0.1) is 6.92 Å². The van der Waals surface area contributed by atoms with Crippen LogP contribution in [-0.2, 0) is 6.42 Å². The van der Waals surface area contributed by atoms with Crippen molar-refractivity contribution in [2.24, 2.45) is 0 Å². The normalized spacial score (nSPS) is 13.4. The summed E-state index contributed by atoms with van der Waals surface area (Å²) < 4.78 is 0.986. The molecule has 6 heteroatoms. The number of nitrogens with one attached hydrogen (secondary N) is 1. The van der Waals surface area contributed by atoms with Gasteiger partial charge in [-0.15, -0.1) is 21.5 Å². The Bertz CT molecular complexity index is 827. The Labute approximate surface area is 119 Å². The maximum Gasteiger partial charge on any atom is 0.151 e. The van der Waals surface area contributed by atoms with Crippen molar-refractivity contribution in [1.29, 1.82) is 0 Å². The van der Waals surface area contributed by atoms with Crippen LogP contribution < -0.4 is 5.32 Å². The van der Waals surface area contributed by atoms with E-state index in [1.165, 1.54) is 0 Å². The number of phenols is 1. The van der Waals surface area contributed by atoms with Gasteiger partial charge in [-0.05, 0) is 25.5 Å². The summed E-state index contributed by atoms with van der Waals surface area (Å²) in [6, 6.07) is 5.62. The largest absolute Gasteiger partial charge is 0.507 e. The molecule has 1 aliphatic heterocycles. The number of aryl methyl sites for hydroxylation is 1. The summed E-state index contributed by atoms with van der Waals surface area (Å²) in [5.74, 6) is 1.07. The van der Waals surface area contributed by atoms with E-state index in [1.807, 2.05) is 19.1 Å². The van der Waals surface area contributed by atoms with Crippen molar-refractivity contribution in [3.8, 4) is 17.0 Å². The maximum absolute atomic E-state index is 10.2. The minimum absolute atomic E-state index is 0.223. The van der Waals surface area contributed by atoms with Crippen LogP contribution >= 0.6 is 11.3 Å².